The van der Waals surface area contributed by atoms with Crippen molar-refractivity contribution in [2.24, 2.45) is 0 Å². The number of ether oxygens (including phenoxy) is 1. The van der Waals surface area contributed by atoms with E-state index in [4.69, 9.17) is 10.5 Å². The van der Waals surface area contributed by atoms with E-state index in [-0.39, 0.29) is 22.9 Å². The number of aliphatic hydroxyl groups is 1. The van der Waals surface area contributed by atoms with Crippen LogP contribution in [-0.2, 0) is 6.18 Å². The Morgan fingerprint density at radius 2 is 2.00 bits per heavy atom. The number of aliphatic hydroxyl groups excluding tert-OH is 1. The quantitative estimate of drug-likeness (QED) is 0.288. The van der Waals surface area contributed by atoms with Crippen LogP contribution < -0.4 is 15.8 Å². The number of methoxy groups -OCH3 is 1. The van der Waals surface area contributed by atoms with Crippen LogP contribution in [0.1, 0.15) is 41.7 Å². The molecule has 0 spiro atoms. The predicted octanol–water partition coefficient (Wildman–Crippen LogP) is 3.86. The molecule has 3 aromatic heterocycles. The highest BCUT2D eigenvalue weighted by atomic mass is 19.4. The molecule has 0 aliphatic carbocycles. The van der Waals surface area contributed by atoms with Crippen molar-refractivity contribution in [2.45, 2.75) is 31.2 Å². The maximum Gasteiger partial charge on any atom is 0.418 e. The van der Waals surface area contributed by atoms with Gasteiger partial charge in [0, 0.05) is 31.4 Å². The molecular weight excluding hydrogens is 511 g/mol. The van der Waals surface area contributed by atoms with E-state index >= 15 is 0 Å². The molecule has 12 heteroatoms. The number of rotatable bonds is 8. The fraction of sp³-hybridized carbons (Fsp3) is 0.370. The van der Waals surface area contributed by atoms with Gasteiger partial charge in [-0.3, -0.25) is 5.32 Å². The normalized spacial score (nSPS) is 17.4. The monoisotopic (exact) mass is 541 g/mol. The maximum atomic E-state index is 13.8. The molecule has 1 aliphatic rings. The maximum absolute atomic E-state index is 13.8. The lowest BCUT2D eigenvalue weighted by atomic mass is 9.91. The SMILES string of the molecule is COc1ncc(-c2cc(C(F)(F)F)c3c(N)ncnn23)cc1C(O)NCCN1CCCC(c2ccccc2)C1. The fourth-order valence-corrected chi connectivity index (χ4v) is 5.19. The zero-order chi connectivity index (χ0) is 27.6. The number of hydrogen-bond donors (Lipinski definition) is 3. The number of nitrogens with zero attached hydrogens (tertiary/aromatic N) is 5. The number of anilines is 1. The summed E-state index contributed by atoms with van der Waals surface area (Å²) in [5, 5.41) is 18.0. The number of nitrogens with one attached hydrogen (secondary N) is 1. The molecule has 0 radical (unpaired) electrons. The Morgan fingerprint density at radius 1 is 1.21 bits per heavy atom. The van der Waals surface area contributed by atoms with E-state index in [2.05, 4.69) is 49.5 Å². The number of benzene rings is 1. The molecule has 1 fully saturated rings. The van der Waals surface area contributed by atoms with Crippen molar-refractivity contribution in [1.29, 1.82) is 0 Å². The molecule has 2 unspecified atom stereocenters. The molecule has 4 aromatic rings. The molecule has 5 rings (SSSR count). The summed E-state index contributed by atoms with van der Waals surface area (Å²) in [5.74, 6) is 0.341. The van der Waals surface area contributed by atoms with E-state index in [1.165, 1.54) is 24.9 Å². The molecule has 0 bridgehead atoms. The van der Waals surface area contributed by atoms with Crippen molar-refractivity contribution < 1.29 is 23.0 Å². The van der Waals surface area contributed by atoms with Crippen LogP contribution in [0.25, 0.3) is 16.8 Å². The average Bonchev–Trinajstić information content (AvgIpc) is 3.35. The van der Waals surface area contributed by atoms with E-state index in [0.29, 0.717) is 23.6 Å². The van der Waals surface area contributed by atoms with Gasteiger partial charge in [-0.05, 0) is 43.0 Å². The Balaban J connectivity index is 1.33. The molecule has 1 saturated heterocycles. The van der Waals surface area contributed by atoms with Crippen LogP contribution in [-0.4, -0.2) is 62.9 Å². The first-order valence-electron chi connectivity index (χ1n) is 12.7. The standard InChI is InChI=1S/C27H30F3N7O2/c1-39-26-20(25(38)32-9-11-36-10-5-8-18(15-36)17-6-3-2-4-7-17)12-19(14-33-26)22-13-21(27(28,29)30)23-24(31)34-16-35-37(22)23/h2-4,6-7,12-14,16,18,25,32,38H,5,8-11,15H2,1H3,(H2,31,34,35). The second-order valence-corrected chi connectivity index (χ2v) is 9.58. The van der Waals surface area contributed by atoms with Gasteiger partial charge in [-0.15, -0.1) is 0 Å². The van der Waals surface area contributed by atoms with Crippen LogP contribution in [0.2, 0.25) is 0 Å². The minimum absolute atomic E-state index is 0.107. The fourth-order valence-electron chi connectivity index (χ4n) is 5.19. The van der Waals surface area contributed by atoms with Crippen molar-refractivity contribution in [1.82, 2.24) is 29.8 Å². The summed E-state index contributed by atoms with van der Waals surface area (Å²) in [6.45, 7) is 3.14. The third-order valence-electron chi connectivity index (χ3n) is 7.09. The molecule has 39 heavy (non-hydrogen) atoms. The number of nitrogens with two attached hydrogens (primary N) is 1. The van der Waals surface area contributed by atoms with Crippen LogP contribution in [0.5, 0.6) is 5.88 Å². The predicted molar refractivity (Wildman–Crippen MR) is 140 cm³/mol. The van der Waals surface area contributed by atoms with Crippen molar-refractivity contribution >= 4 is 11.3 Å². The third kappa shape index (κ3) is 5.68. The average molecular weight is 542 g/mol. The largest absolute Gasteiger partial charge is 0.481 e. The van der Waals surface area contributed by atoms with Gasteiger partial charge in [0.25, 0.3) is 0 Å². The van der Waals surface area contributed by atoms with Crippen LogP contribution >= 0.6 is 0 Å². The first-order chi connectivity index (χ1) is 18.8. The third-order valence-corrected chi connectivity index (χ3v) is 7.09. The first-order valence-corrected chi connectivity index (χ1v) is 12.7. The number of alkyl halides is 3. The van der Waals surface area contributed by atoms with Crippen LogP contribution in [0.3, 0.4) is 0 Å². The second-order valence-electron chi connectivity index (χ2n) is 9.58. The van der Waals surface area contributed by atoms with Gasteiger partial charge in [0.15, 0.2) is 5.82 Å². The summed E-state index contributed by atoms with van der Waals surface area (Å²) in [6.07, 6.45) is -1.13. The van der Waals surface area contributed by atoms with E-state index in [0.717, 1.165) is 49.4 Å². The lowest BCUT2D eigenvalue weighted by Gasteiger charge is -2.33. The van der Waals surface area contributed by atoms with Gasteiger partial charge in [0.2, 0.25) is 5.88 Å². The van der Waals surface area contributed by atoms with Gasteiger partial charge in [-0.1, -0.05) is 30.3 Å². The molecule has 206 valence electrons. The van der Waals surface area contributed by atoms with Gasteiger partial charge < -0.3 is 20.5 Å². The highest BCUT2D eigenvalue weighted by Gasteiger charge is 2.36. The van der Waals surface area contributed by atoms with E-state index in [9.17, 15) is 18.3 Å². The molecule has 4 heterocycles. The van der Waals surface area contributed by atoms with Crippen molar-refractivity contribution in [3.8, 4) is 17.1 Å². The van der Waals surface area contributed by atoms with Gasteiger partial charge in [0.05, 0.1) is 23.9 Å². The summed E-state index contributed by atoms with van der Waals surface area (Å²) < 4.78 is 47.7. The zero-order valence-electron chi connectivity index (χ0n) is 21.4. The van der Waals surface area contributed by atoms with Gasteiger partial charge in [0.1, 0.15) is 18.1 Å². The summed E-state index contributed by atoms with van der Waals surface area (Å²) in [6, 6.07) is 13.0. The molecular formula is C27H30F3N7O2. The number of fused-ring (bicyclic) bond motifs is 1. The number of hydrogen-bond acceptors (Lipinski definition) is 8. The number of piperidine rings is 1. The van der Waals surface area contributed by atoms with Crippen molar-refractivity contribution in [3.05, 3.63) is 71.7 Å². The summed E-state index contributed by atoms with van der Waals surface area (Å²) in [5.41, 5.74) is 6.50. The highest BCUT2D eigenvalue weighted by Crippen LogP contribution is 2.39. The lowest BCUT2D eigenvalue weighted by molar-refractivity contribution is -0.136. The number of nitrogen functional groups attached to an aromatic ring is 1. The Bertz CT molecular complexity index is 1430. The summed E-state index contributed by atoms with van der Waals surface area (Å²) >= 11 is 0. The lowest BCUT2D eigenvalue weighted by Crippen LogP contribution is -2.39. The Morgan fingerprint density at radius 3 is 2.74 bits per heavy atom. The summed E-state index contributed by atoms with van der Waals surface area (Å²) in [4.78, 5) is 10.3. The molecule has 0 saturated carbocycles. The summed E-state index contributed by atoms with van der Waals surface area (Å²) in [7, 11) is 1.41. The Hall–Kier alpha value is -3.74. The zero-order valence-corrected chi connectivity index (χ0v) is 21.4. The number of halogens is 3. The number of likely N-dealkylation sites (tertiary alicyclic amines) is 1. The molecule has 1 aliphatic heterocycles. The molecule has 1 aromatic carbocycles. The minimum Gasteiger partial charge on any atom is -0.481 e. The van der Waals surface area contributed by atoms with Gasteiger partial charge in [-0.25, -0.2) is 14.5 Å². The van der Waals surface area contributed by atoms with Crippen molar-refractivity contribution in [2.75, 3.05) is 39.0 Å². The smallest absolute Gasteiger partial charge is 0.418 e. The van der Waals surface area contributed by atoms with Crippen LogP contribution in [0.15, 0.2) is 55.0 Å². The number of aromatic nitrogens is 4. The topological polar surface area (TPSA) is 114 Å². The van der Waals surface area contributed by atoms with Crippen LogP contribution in [0, 0.1) is 0 Å². The second kappa shape index (κ2) is 11.2. The van der Waals surface area contributed by atoms with Gasteiger partial charge in [-0.2, -0.15) is 18.3 Å². The number of pyridine rings is 1. The Kier molecular flexibility index (Phi) is 7.69. The van der Waals surface area contributed by atoms with E-state index in [1.807, 2.05) is 6.07 Å². The van der Waals surface area contributed by atoms with E-state index < -0.39 is 18.0 Å². The van der Waals surface area contributed by atoms with Crippen LogP contribution in [0.4, 0.5) is 19.0 Å². The van der Waals surface area contributed by atoms with Crippen molar-refractivity contribution in [3.63, 3.8) is 0 Å². The van der Waals surface area contributed by atoms with E-state index in [1.54, 1.807) is 0 Å². The molecule has 9 nitrogen and oxygen atoms in total. The first kappa shape index (κ1) is 26.9. The Labute approximate surface area is 223 Å². The molecule has 2 atom stereocenters. The molecule has 4 N–H and O–H groups in total. The molecule has 0 amide bonds. The minimum atomic E-state index is -4.67. The highest BCUT2D eigenvalue weighted by molar-refractivity contribution is 5.78. The van der Waals surface area contributed by atoms with Gasteiger partial charge >= 0.3 is 6.18 Å².